The molecule has 2 rings (SSSR count). The van der Waals surface area contributed by atoms with Gasteiger partial charge in [-0.1, -0.05) is 12.1 Å². The molecule has 102 valence electrons. The molecule has 20 heavy (non-hydrogen) atoms. The number of aromatic nitrogens is 2. The minimum atomic E-state index is -0.450. The third kappa shape index (κ3) is 3.35. The van der Waals surface area contributed by atoms with Crippen LogP contribution in [0.5, 0.6) is 0 Å². The molecule has 1 aromatic heterocycles. The highest BCUT2D eigenvalue weighted by molar-refractivity contribution is 5.85. The van der Waals surface area contributed by atoms with E-state index in [0.29, 0.717) is 11.5 Å². The number of para-hydroxylation sites is 1. The predicted octanol–water partition coefficient (Wildman–Crippen LogP) is 2.45. The molecule has 0 unspecified atom stereocenters. The second kappa shape index (κ2) is 5.87. The summed E-state index contributed by atoms with van der Waals surface area (Å²) in [5.74, 6) is 0.359. The molecule has 7 nitrogen and oxygen atoms in total. The molecule has 0 saturated carbocycles. The Hall–Kier alpha value is -2.83. The average Bonchev–Trinajstić information content (AvgIpc) is 2.38. The molecule has 7 heteroatoms. The third-order valence-electron chi connectivity index (χ3n) is 2.48. The number of hydrazone groups is 1. The Morgan fingerprint density at radius 3 is 2.55 bits per heavy atom. The minimum Gasteiger partial charge on any atom is -0.258 e. The van der Waals surface area contributed by atoms with Gasteiger partial charge in [0.15, 0.2) is 0 Å². The van der Waals surface area contributed by atoms with Crippen LogP contribution in [0.25, 0.3) is 0 Å². The third-order valence-corrected chi connectivity index (χ3v) is 2.48. The maximum Gasteiger partial charge on any atom is 0.278 e. The maximum atomic E-state index is 10.8. The Morgan fingerprint density at radius 1 is 1.25 bits per heavy atom. The molecule has 2 aromatic rings. The number of hydrogen-bond donors (Lipinski definition) is 1. The van der Waals surface area contributed by atoms with Crippen molar-refractivity contribution in [1.82, 2.24) is 9.97 Å². The second-order valence-corrected chi connectivity index (χ2v) is 4.16. The van der Waals surface area contributed by atoms with Crippen molar-refractivity contribution in [3.05, 3.63) is 57.4 Å². The monoisotopic (exact) mass is 271 g/mol. The van der Waals surface area contributed by atoms with E-state index in [2.05, 4.69) is 20.5 Å². The van der Waals surface area contributed by atoms with Gasteiger partial charge >= 0.3 is 0 Å². The van der Waals surface area contributed by atoms with Crippen LogP contribution < -0.4 is 5.43 Å². The van der Waals surface area contributed by atoms with Crippen LogP contribution in [0.1, 0.15) is 17.0 Å². The summed E-state index contributed by atoms with van der Waals surface area (Å²) in [6.45, 7) is 3.71. The molecule has 0 saturated heterocycles. The van der Waals surface area contributed by atoms with Crippen molar-refractivity contribution in [2.45, 2.75) is 13.8 Å². The highest BCUT2D eigenvalue weighted by atomic mass is 16.6. The molecule has 0 amide bonds. The zero-order chi connectivity index (χ0) is 14.5. The van der Waals surface area contributed by atoms with E-state index in [9.17, 15) is 10.1 Å². The van der Waals surface area contributed by atoms with E-state index < -0.39 is 4.92 Å². The van der Waals surface area contributed by atoms with Gasteiger partial charge in [-0.15, -0.1) is 0 Å². The Morgan fingerprint density at radius 2 is 1.90 bits per heavy atom. The normalized spacial score (nSPS) is 10.7. The Bertz CT molecular complexity index is 649. The zero-order valence-electron chi connectivity index (χ0n) is 11.1. The van der Waals surface area contributed by atoms with Crippen molar-refractivity contribution in [3.8, 4) is 0 Å². The van der Waals surface area contributed by atoms with E-state index in [1.54, 1.807) is 18.2 Å². The molecule has 0 bridgehead atoms. The first-order valence-electron chi connectivity index (χ1n) is 5.91. The van der Waals surface area contributed by atoms with Gasteiger partial charge in [-0.05, 0) is 26.0 Å². The lowest BCUT2D eigenvalue weighted by molar-refractivity contribution is -0.385. The van der Waals surface area contributed by atoms with Crippen molar-refractivity contribution in [3.63, 3.8) is 0 Å². The number of nitro benzene ring substituents is 1. The first kappa shape index (κ1) is 13.6. The fourth-order valence-corrected chi connectivity index (χ4v) is 1.70. The summed E-state index contributed by atoms with van der Waals surface area (Å²) in [7, 11) is 0. The number of nitrogens with zero attached hydrogens (tertiary/aromatic N) is 4. The van der Waals surface area contributed by atoms with Gasteiger partial charge in [0.2, 0.25) is 5.95 Å². The second-order valence-electron chi connectivity index (χ2n) is 4.16. The summed E-state index contributed by atoms with van der Waals surface area (Å²) in [5, 5.41) is 14.8. The molecule has 0 spiro atoms. The lowest BCUT2D eigenvalue weighted by Gasteiger charge is -2.01. The quantitative estimate of drug-likeness (QED) is 0.523. The molecule has 1 heterocycles. The maximum absolute atomic E-state index is 10.8. The van der Waals surface area contributed by atoms with Crippen LogP contribution in [0.2, 0.25) is 0 Å². The Labute approximate surface area is 115 Å². The van der Waals surface area contributed by atoms with Crippen LogP contribution in [0.15, 0.2) is 35.4 Å². The number of hydrogen-bond acceptors (Lipinski definition) is 6. The number of nitro groups is 1. The summed E-state index contributed by atoms with van der Waals surface area (Å²) in [4.78, 5) is 18.7. The highest BCUT2D eigenvalue weighted by Gasteiger charge is 2.09. The number of rotatable bonds is 4. The van der Waals surface area contributed by atoms with Crippen molar-refractivity contribution in [2.24, 2.45) is 5.10 Å². The number of benzene rings is 1. The van der Waals surface area contributed by atoms with Gasteiger partial charge in [-0.25, -0.2) is 15.4 Å². The van der Waals surface area contributed by atoms with Gasteiger partial charge < -0.3 is 0 Å². The largest absolute Gasteiger partial charge is 0.278 e. The van der Waals surface area contributed by atoms with E-state index in [4.69, 9.17) is 0 Å². The van der Waals surface area contributed by atoms with E-state index in [0.717, 1.165) is 11.4 Å². The molecule has 1 aromatic carbocycles. The molecule has 0 aliphatic rings. The highest BCUT2D eigenvalue weighted by Crippen LogP contribution is 2.15. The Kier molecular flexibility index (Phi) is 3.99. The van der Waals surface area contributed by atoms with Crippen LogP contribution in [0.3, 0.4) is 0 Å². The summed E-state index contributed by atoms with van der Waals surface area (Å²) in [5.41, 5.74) is 4.72. The molecular weight excluding hydrogens is 258 g/mol. The van der Waals surface area contributed by atoms with E-state index >= 15 is 0 Å². The smallest absolute Gasteiger partial charge is 0.258 e. The van der Waals surface area contributed by atoms with E-state index in [1.807, 2.05) is 19.9 Å². The summed E-state index contributed by atoms with van der Waals surface area (Å²) >= 11 is 0. The molecular formula is C13H13N5O2. The first-order valence-corrected chi connectivity index (χ1v) is 5.91. The van der Waals surface area contributed by atoms with Crippen LogP contribution in [0, 0.1) is 24.0 Å². The van der Waals surface area contributed by atoms with Crippen LogP contribution in [0.4, 0.5) is 11.6 Å². The van der Waals surface area contributed by atoms with E-state index in [-0.39, 0.29) is 5.69 Å². The van der Waals surface area contributed by atoms with Gasteiger partial charge in [0.05, 0.1) is 16.7 Å². The number of nitrogens with one attached hydrogen (secondary N) is 1. The standard InChI is InChI=1S/C13H13N5O2/c1-9-7-10(2)16-13(15-9)17-14-8-11-5-3-4-6-12(11)18(19)20/h3-8H,1-2H3,(H,15,16,17)/b14-8-. The first-order chi connectivity index (χ1) is 9.56. The SMILES string of the molecule is Cc1cc(C)nc(N/N=C\c2ccccc2[N+](=O)[O-])n1. The molecule has 0 aliphatic heterocycles. The molecule has 0 radical (unpaired) electrons. The average molecular weight is 271 g/mol. The lowest BCUT2D eigenvalue weighted by Crippen LogP contribution is -2.00. The van der Waals surface area contributed by atoms with Gasteiger partial charge in [-0.3, -0.25) is 10.1 Å². The summed E-state index contributed by atoms with van der Waals surface area (Å²) < 4.78 is 0. The van der Waals surface area contributed by atoms with Crippen LogP contribution >= 0.6 is 0 Å². The van der Waals surface area contributed by atoms with Crippen molar-refractivity contribution < 1.29 is 4.92 Å². The predicted molar refractivity (Wildman–Crippen MR) is 75.8 cm³/mol. The fraction of sp³-hybridized carbons (Fsp3) is 0.154. The number of aryl methyl sites for hydroxylation is 2. The fourth-order valence-electron chi connectivity index (χ4n) is 1.70. The summed E-state index contributed by atoms with van der Waals surface area (Å²) in [6.07, 6.45) is 1.37. The zero-order valence-corrected chi connectivity index (χ0v) is 11.1. The van der Waals surface area contributed by atoms with Gasteiger partial charge in [0, 0.05) is 17.5 Å². The Balaban J connectivity index is 2.16. The minimum absolute atomic E-state index is 0.000564. The number of anilines is 1. The topological polar surface area (TPSA) is 93.3 Å². The lowest BCUT2D eigenvalue weighted by atomic mass is 10.2. The van der Waals surface area contributed by atoms with Gasteiger partial charge in [0.1, 0.15) is 0 Å². The molecule has 0 aliphatic carbocycles. The van der Waals surface area contributed by atoms with Gasteiger partial charge in [-0.2, -0.15) is 5.10 Å². The van der Waals surface area contributed by atoms with Crippen molar-refractivity contribution >= 4 is 17.9 Å². The molecule has 0 fully saturated rings. The van der Waals surface area contributed by atoms with E-state index in [1.165, 1.54) is 12.3 Å². The van der Waals surface area contributed by atoms with Crippen LogP contribution in [-0.2, 0) is 0 Å². The summed E-state index contributed by atoms with van der Waals surface area (Å²) in [6, 6.07) is 8.20. The molecule has 1 N–H and O–H groups in total. The molecule has 0 atom stereocenters. The van der Waals surface area contributed by atoms with Crippen molar-refractivity contribution in [2.75, 3.05) is 5.43 Å². The van der Waals surface area contributed by atoms with Gasteiger partial charge in [0.25, 0.3) is 5.69 Å². The van der Waals surface area contributed by atoms with Crippen LogP contribution in [-0.4, -0.2) is 21.1 Å². The van der Waals surface area contributed by atoms with Crippen molar-refractivity contribution in [1.29, 1.82) is 0 Å².